The van der Waals surface area contributed by atoms with Crippen LogP contribution in [0.4, 0.5) is 5.69 Å². The molecule has 122 valence electrons. The van der Waals surface area contributed by atoms with Crippen molar-refractivity contribution in [2.75, 3.05) is 5.73 Å². The Hall–Kier alpha value is -2.87. The Bertz CT molecular complexity index is 841. The number of fused-ring (bicyclic) bond motifs is 1. The lowest BCUT2D eigenvalue weighted by Gasteiger charge is -2.17. The molecule has 1 amide bonds. The van der Waals surface area contributed by atoms with Gasteiger partial charge in [0.15, 0.2) is 6.04 Å². The highest BCUT2D eigenvalue weighted by atomic mass is 16.4. The predicted molar refractivity (Wildman–Crippen MR) is 84.2 cm³/mol. The topological polar surface area (TPSA) is 135 Å². The van der Waals surface area contributed by atoms with Gasteiger partial charge in [-0.1, -0.05) is 6.07 Å². The van der Waals surface area contributed by atoms with Gasteiger partial charge in [-0.05, 0) is 19.1 Å². The number of hydrogen-bond donors (Lipinski definition) is 4. The molecule has 0 fully saturated rings. The lowest BCUT2D eigenvalue weighted by atomic mass is 10.1. The molecule has 0 bridgehead atoms. The minimum atomic E-state index is -1.52. The van der Waals surface area contributed by atoms with Gasteiger partial charge in [-0.25, -0.2) is 4.79 Å². The van der Waals surface area contributed by atoms with Crippen LogP contribution in [0.2, 0.25) is 0 Å². The van der Waals surface area contributed by atoms with Crippen LogP contribution in [-0.2, 0) is 11.8 Å². The summed E-state index contributed by atoms with van der Waals surface area (Å²) in [7, 11) is 1.64. The molecule has 23 heavy (non-hydrogen) atoms. The quantitative estimate of drug-likeness (QED) is 0.571. The van der Waals surface area contributed by atoms with Crippen LogP contribution in [0.3, 0.4) is 0 Å². The van der Waals surface area contributed by atoms with Crippen LogP contribution >= 0.6 is 0 Å². The molecule has 0 saturated carbocycles. The number of amides is 1. The maximum Gasteiger partial charge on any atom is 0.328 e. The van der Waals surface area contributed by atoms with Crippen LogP contribution in [0.15, 0.2) is 29.2 Å². The summed E-state index contributed by atoms with van der Waals surface area (Å²) in [5, 5.41) is 20.7. The molecule has 0 saturated heterocycles. The number of nitrogens with zero attached hydrogens (tertiary/aromatic N) is 1. The van der Waals surface area contributed by atoms with Crippen LogP contribution in [-0.4, -0.2) is 38.8 Å². The van der Waals surface area contributed by atoms with Gasteiger partial charge in [-0.15, -0.1) is 0 Å². The third-order valence-corrected chi connectivity index (χ3v) is 3.53. The minimum Gasteiger partial charge on any atom is -0.480 e. The van der Waals surface area contributed by atoms with Crippen molar-refractivity contribution in [3.63, 3.8) is 0 Å². The highest BCUT2D eigenvalue weighted by molar-refractivity contribution is 6.01. The molecule has 0 aliphatic rings. The summed E-state index contributed by atoms with van der Waals surface area (Å²) in [6.07, 6.45) is -0.00810. The zero-order valence-corrected chi connectivity index (χ0v) is 12.6. The van der Waals surface area contributed by atoms with Gasteiger partial charge < -0.3 is 25.8 Å². The smallest absolute Gasteiger partial charge is 0.328 e. The Morgan fingerprint density at radius 2 is 2.00 bits per heavy atom. The largest absolute Gasteiger partial charge is 0.480 e. The van der Waals surface area contributed by atoms with E-state index in [9.17, 15) is 19.5 Å². The average molecular weight is 319 g/mol. The summed E-state index contributed by atoms with van der Waals surface area (Å²) in [5.41, 5.74) is 5.75. The number of rotatable bonds is 4. The van der Waals surface area contributed by atoms with Crippen LogP contribution in [0.1, 0.15) is 17.3 Å². The number of aryl methyl sites for hydroxylation is 1. The summed E-state index contributed by atoms with van der Waals surface area (Å²) in [4.78, 5) is 35.8. The molecule has 1 aromatic heterocycles. The number of carboxylic acids is 1. The monoisotopic (exact) mass is 319 g/mol. The van der Waals surface area contributed by atoms with E-state index < -0.39 is 29.5 Å². The fourth-order valence-corrected chi connectivity index (χ4v) is 2.32. The minimum absolute atomic E-state index is 0.187. The number of nitrogens with two attached hydrogens (primary N) is 1. The van der Waals surface area contributed by atoms with Crippen molar-refractivity contribution in [1.29, 1.82) is 0 Å². The van der Waals surface area contributed by atoms with E-state index in [0.29, 0.717) is 5.52 Å². The van der Waals surface area contributed by atoms with Crippen molar-refractivity contribution in [3.8, 4) is 0 Å². The number of anilines is 1. The Labute approximate surface area is 131 Å². The van der Waals surface area contributed by atoms with E-state index in [0.717, 1.165) is 0 Å². The molecule has 1 aromatic carbocycles. The number of aromatic nitrogens is 1. The number of aliphatic hydroxyl groups is 1. The second-order valence-corrected chi connectivity index (χ2v) is 5.25. The number of benzene rings is 1. The Kier molecular flexibility index (Phi) is 4.37. The molecule has 5 N–H and O–H groups in total. The molecule has 2 atom stereocenters. The second kappa shape index (κ2) is 6.09. The van der Waals surface area contributed by atoms with E-state index in [4.69, 9.17) is 10.8 Å². The molecule has 2 rings (SSSR count). The van der Waals surface area contributed by atoms with Crippen molar-refractivity contribution in [3.05, 3.63) is 40.2 Å². The zero-order chi connectivity index (χ0) is 17.3. The van der Waals surface area contributed by atoms with E-state index in [1.165, 1.54) is 13.1 Å². The van der Waals surface area contributed by atoms with Crippen molar-refractivity contribution in [2.24, 2.45) is 7.05 Å². The second-order valence-electron chi connectivity index (χ2n) is 5.25. The SMILES string of the molecule is CC(O)C(NC(=O)c1cn(C)c2cccc(N)c2c1=O)C(=O)O. The highest BCUT2D eigenvalue weighted by Crippen LogP contribution is 2.17. The summed E-state index contributed by atoms with van der Waals surface area (Å²) in [5.74, 6) is -2.28. The number of nitrogens with one attached hydrogen (secondary N) is 1. The standard InChI is InChI=1S/C15H17N3O5/c1-7(19)12(15(22)23)17-14(21)8-6-18(2)10-5-3-4-9(16)11(10)13(8)20/h3-7,12,19H,16H2,1-2H3,(H,17,21)(H,22,23). The number of aliphatic hydroxyl groups excluding tert-OH is 1. The van der Waals surface area contributed by atoms with Gasteiger partial charge in [-0.2, -0.15) is 0 Å². The van der Waals surface area contributed by atoms with Crippen LogP contribution in [0, 0.1) is 0 Å². The number of carboxylic acid groups (broad SMARTS) is 1. The first-order valence-corrected chi connectivity index (χ1v) is 6.83. The summed E-state index contributed by atoms with van der Waals surface area (Å²) in [6, 6.07) is 3.40. The molecule has 0 radical (unpaired) electrons. The van der Waals surface area contributed by atoms with E-state index in [1.54, 1.807) is 29.8 Å². The van der Waals surface area contributed by atoms with E-state index in [-0.39, 0.29) is 16.6 Å². The molecule has 0 aliphatic carbocycles. The van der Waals surface area contributed by atoms with Gasteiger partial charge in [0, 0.05) is 18.9 Å². The number of carbonyl (C=O) groups is 2. The van der Waals surface area contributed by atoms with Gasteiger partial charge in [0.2, 0.25) is 5.43 Å². The molecule has 2 aromatic rings. The van der Waals surface area contributed by atoms with Crippen LogP contribution in [0.5, 0.6) is 0 Å². The van der Waals surface area contributed by atoms with Crippen LogP contribution < -0.4 is 16.5 Å². The van der Waals surface area contributed by atoms with Gasteiger partial charge in [0.05, 0.1) is 17.0 Å². The van der Waals surface area contributed by atoms with Crippen LogP contribution in [0.25, 0.3) is 10.9 Å². The molecule has 0 spiro atoms. The third-order valence-electron chi connectivity index (χ3n) is 3.53. The number of nitrogen functional groups attached to an aromatic ring is 1. The molecule has 8 nitrogen and oxygen atoms in total. The number of carbonyl (C=O) groups excluding carboxylic acids is 1. The fraction of sp³-hybridized carbons (Fsp3) is 0.267. The lowest BCUT2D eigenvalue weighted by Crippen LogP contribution is -2.48. The van der Waals surface area contributed by atoms with E-state index >= 15 is 0 Å². The lowest BCUT2D eigenvalue weighted by molar-refractivity contribution is -0.141. The normalized spacial score (nSPS) is 13.5. The predicted octanol–water partition coefficient (Wildman–Crippen LogP) is -0.315. The van der Waals surface area contributed by atoms with Gasteiger partial charge >= 0.3 is 5.97 Å². The van der Waals surface area contributed by atoms with Crippen molar-refractivity contribution in [2.45, 2.75) is 19.1 Å². The van der Waals surface area contributed by atoms with Crippen molar-refractivity contribution >= 4 is 28.5 Å². The first-order chi connectivity index (χ1) is 10.7. The fourth-order valence-electron chi connectivity index (χ4n) is 2.32. The summed E-state index contributed by atoms with van der Waals surface area (Å²) in [6.45, 7) is 1.23. The maximum atomic E-state index is 12.5. The van der Waals surface area contributed by atoms with Gasteiger partial charge in [0.1, 0.15) is 5.56 Å². The van der Waals surface area contributed by atoms with E-state index in [2.05, 4.69) is 5.32 Å². The summed E-state index contributed by atoms with van der Waals surface area (Å²) >= 11 is 0. The Morgan fingerprint density at radius 1 is 1.35 bits per heavy atom. The summed E-state index contributed by atoms with van der Waals surface area (Å²) < 4.78 is 1.56. The maximum absolute atomic E-state index is 12.5. The highest BCUT2D eigenvalue weighted by Gasteiger charge is 2.27. The first kappa shape index (κ1) is 16.5. The zero-order valence-electron chi connectivity index (χ0n) is 12.6. The third kappa shape index (κ3) is 3.02. The molecular weight excluding hydrogens is 302 g/mol. The Morgan fingerprint density at radius 3 is 2.57 bits per heavy atom. The van der Waals surface area contributed by atoms with Gasteiger partial charge in [-0.3, -0.25) is 9.59 Å². The molecule has 1 heterocycles. The molecule has 2 unspecified atom stereocenters. The van der Waals surface area contributed by atoms with E-state index in [1.807, 2.05) is 0 Å². The molecule has 0 aliphatic heterocycles. The van der Waals surface area contributed by atoms with Crippen molar-refractivity contribution in [1.82, 2.24) is 9.88 Å². The number of aliphatic carboxylic acids is 1. The average Bonchev–Trinajstić information content (AvgIpc) is 2.47. The number of pyridine rings is 1. The first-order valence-electron chi connectivity index (χ1n) is 6.83. The van der Waals surface area contributed by atoms with Gasteiger partial charge in [0.25, 0.3) is 5.91 Å². The Balaban J connectivity index is 2.54. The molecule has 8 heteroatoms. The van der Waals surface area contributed by atoms with Crippen molar-refractivity contribution < 1.29 is 19.8 Å². The number of hydrogen-bond acceptors (Lipinski definition) is 5. The molecular formula is C15H17N3O5.